The molecule has 0 saturated carbocycles. The van der Waals surface area contributed by atoms with E-state index in [4.69, 9.17) is 0 Å². The van der Waals surface area contributed by atoms with E-state index in [2.05, 4.69) is 5.32 Å². The lowest BCUT2D eigenvalue weighted by Gasteiger charge is -2.30. The van der Waals surface area contributed by atoms with E-state index >= 15 is 0 Å². The molecule has 0 aromatic heterocycles. The third kappa shape index (κ3) is 7.54. The molecule has 1 N–H and O–H groups in total. The van der Waals surface area contributed by atoms with Crippen LogP contribution in [0.4, 0.5) is 4.39 Å². The van der Waals surface area contributed by atoms with Crippen molar-refractivity contribution in [2.75, 3.05) is 12.3 Å². The summed E-state index contributed by atoms with van der Waals surface area (Å²) in [5, 5.41) is 2.90. The normalized spacial score (nSPS) is 11.7. The van der Waals surface area contributed by atoms with Gasteiger partial charge in [-0.2, -0.15) is 0 Å². The minimum atomic E-state index is -0.541. The first kappa shape index (κ1) is 22.9. The smallest absolute Gasteiger partial charge is 0.242 e. The van der Waals surface area contributed by atoms with Gasteiger partial charge in [0, 0.05) is 30.2 Å². The Labute approximate surface area is 176 Å². The average Bonchev–Trinajstić information content (AvgIpc) is 2.74. The Kier molecular flexibility index (Phi) is 9.71. The second-order valence-corrected chi connectivity index (χ2v) is 7.94. The average molecular weight is 417 g/mol. The highest BCUT2D eigenvalue weighted by molar-refractivity contribution is 7.99. The zero-order valence-electron chi connectivity index (χ0n) is 17.1. The predicted octanol–water partition coefficient (Wildman–Crippen LogP) is 4.64. The summed E-state index contributed by atoms with van der Waals surface area (Å²) in [4.78, 5) is 28.4. The summed E-state index contributed by atoms with van der Waals surface area (Å²) >= 11 is 1.62. The molecule has 0 saturated heterocycles. The van der Waals surface area contributed by atoms with Gasteiger partial charge in [0.15, 0.2) is 0 Å². The highest BCUT2D eigenvalue weighted by atomic mass is 32.2. The van der Waals surface area contributed by atoms with E-state index in [1.165, 1.54) is 12.1 Å². The Balaban J connectivity index is 2.09. The number of hydrogen-bond acceptors (Lipinski definition) is 3. The van der Waals surface area contributed by atoms with Gasteiger partial charge < -0.3 is 10.2 Å². The number of amides is 2. The molecule has 2 aromatic rings. The van der Waals surface area contributed by atoms with Gasteiger partial charge in [0.05, 0.1) is 0 Å². The molecule has 0 radical (unpaired) electrons. The van der Waals surface area contributed by atoms with Crippen LogP contribution >= 0.6 is 11.8 Å². The van der Waals surface area contributed by atoms with Crippen LogP contribution in [0.15, 0.2) is 59.5 Å². The number of carbonyl (C=O) groups excluding carboxylic acids is 2. The van der Waals surface area contributed by atoms with E-state index in [-0.39, 0.29) is 24.2 Å². The van der Waals surface area contributed by atoms with Gasteiger partial charge in [0.2, 0.25) is 11.8 Å². The van der Waals surface area contributed by atoms with Crippen LogP contribution < -0.4 is 5.32 Å². The highest BCUT2D eigenvalue weighted by Gasteiger charge is 2.28. The maximum absolute atomic E-state index is 13.3. The number of rotatable bonds is 11. The summed E-state index contributed by atoms with van der Waals surface area (Å²) in [6.07, 6.45) is 1.69. The number of nitrogens with one attached hydrogen (secondary N) is 1. The van der Waals surface area contributed by atoms with Crippen molar-refractivity contribution in [2.45, 2.75) is 50.6 Å². The quantitative estimate of drug-likeness (QED) is 0.543. The number of benzene rings is 2. The molecule has 0 bridgehead atoms. The summed E-state index contributed by atoms with van der Waals surface area (Å²) in [6.45, 7) is 4.76. The van der Waals surface area contributed by atoms with Crippen molar-refractivity contribution in [1.29, 1.82) is 0 Å². The van der Waals surface area contributed by atoms with Crippen LogP contribution in [0.2, 0.25) is 0 Å². The summed E-state index contributed by atoms with van der Waals surface area (Å²) < 4.78 is 13.3. The summed E-state index contributed by atoms with van der Waals surface area (Å²) in [6, 6.07) is 15.4. The lowest BCUT2D eigenvalue weighted by Crippen LogP contribution is -2.49. The first-order valence-electron chi connectivity index (χ1n) is 10.0. The standard InChI is InChI=1S/C23H29FN2O2S/c1-3-15-25-23(28)21(4-2)26(17-18-10-12-19(24)13-11-18)22(27)14-16-29-20-8-6-5-7-9-20/h5-13,21H,3-4,14-17H2,1-2H3,(H,25,28)/t21-/m0/s1. The predicted molar refractivity (Wildman–Crippen MR) is 116 cm³/mol. The number of carbonyl (C=O) groups is 2. The van der Waals surface area contributed by atoms with Gasteiger partial charge >= 0.3 is 0 Å². The van der Waals surface area contributed by atoms with E-state index in [0.717, 1.165) is 16.9 Å². The molecule has 2 amide bonds. The zero-order valence-corrected chi connectivity index (χ0v) is 17.9. The van der Waals surface area contributed by atoms with Crippen molar-refractivity contribution in [3.8, 4) is 0 Å². The van der Waals surface area contributed by atoms with Gasteiger partial charge in [-0.05, 0) is 42.7 Å². The topological polar surface area (TPSA) is 49.4 Å². The molecular weight excluding hydrogens is 387 g/mol. The lowest BCUT2D eigenvalue weighted by molar-refractivity contribution is -0.141. The molecule has 0 unspecified atom stereocenters. The summed E-state index contributed by atoms with van der Waals surface area (Å²) in [5.74, 6) is 0.103. The summed E-state index contributed by atoms with van der Waals surface area (Å²) in [5.41, 5.74) is 0.803. The first-order valence-corrected chi connectivity index (χ1v) is 11.0. The van der Waals surface area contributed by atoms with E-state index in [0.29, 0.717) is 25.1 Å². The molecule has 0 aliphatic carbocycles. The molecule has 0 heterocycles. The van der Waals surface area contributed by atoms with E-state index in [1.54, 1.807) is 28.8 Å². The minimum absolute atomic E-state index is 0.0729. The molecule has 0 aliphatic rings. The monoisotopic (exact) mass is 416 g/mol. The van der Waals surface area contributed by atoms with Crippen molar-refractivity contribution in [1.82, 2.24) is 10.2 Å². The van der Waals surface area contributed by atoms with Crippen molar-refractivity contribution in [3.05, 3.63) is 66.0 Å². The highest BCUT2D eigenvalue weighted by Crippen LogP contribution is 2.20. The molecule has 1 atom stereocenters. The second-order valence-electron chi connectivity index (χ2n) is 6.77. The summed E-state index contributed by atoms with van der Waals surface area (Å²) in [7, 11) is 0. The molecule has 156 valence electrons. The minimum Gasteiger partial charge on any atom is -0.354 e. The number of hydrogen-bond donors (Lipinski definition) is 1. The van der Waals surface area contributed by atoms with Crippen LogP contribution in [0.5, 0.6) is 0 Å². The van der Waals surface area contributed by atoms with Crippen LogP contribution in [0.1, 0.15) is 38.7 Å². The van der Waals surface area contributed by atoms with E-state index < -0.39 is 6.04 Å². The molecule has 0 aliphatic heterocycles. The Morgan fingerprint density at radius 3 is 2.38 bits per heavy atom. The Morgan fingerprint density at radius 1 is 1.07 bits per heavy atom. The molecule has 29 heavy (non-hydrogen) atoms. The SMILES string of the molecule is CCCNC(=O)[C@H](CC)N(Cc1ccc(F)cc1)C(=O)CCSc1ccccc1. The van der Waals surface area contributed by atoms with Crippen LogP contribution in [0.25, 0.3) is 0 Å². The number of nitrogens with zero attached hydrogens (tertiary/aromatic N) is 1. The molecule has 4 nitrogen and oxygen atoms in total. The first-order chi connectivity index (χ1) is 14.0. The van der Waals surface area contributed by atoms with Crippen molar-refractivity contribution in [2.24, 2.45) is 0 Å². The van der Waals surface area contributed by atoms with Crippen LogP contribution in [-0.4, -0.2) is 35.1 Å². The Morgan fingerprint density at radius 2 is 1.76 bits per heavy atom. The molecule has 2 aromatic carbocycles. The van der Waals surface area contributed by atoms with E-state index in [1.807, 2.05) is 44.2 Å². The zero-order chi connectivity index (χ0) is 21.1. The van der Waals surface area contributed by atoms with Gasteiger partial charge in [-0.25, -0.2) is 4.39 Å². The van der Waals surface area contributed by atoms with Crippen LogP contribution in [-0.2, 0) is 16.1 Å². The number of halogens is 1. The third-order valence-electron chi connectivity index (χ3n) is 4.53. The van der Waals surface area contributed by atoms with Crippen molar-refractivity contribution in [3.63, 3.8) is 0 Å². The molecule has 2 rings (SSSR count). The van der Waals surface area contributed by atoms with E-state index in [9.17, 15) is 14.0 Å². The molecule has 0 spiro atoms. The Hall–Kier alpha value is -2.34. The van der Waals surface area contributed by atoms with Crippen LogP contribution in [0.3, 0.4) is 0 Å². The molecule has 6 heteroatoms. The van der Waals surface area contributed by atoms with Gasteiger partial charge in [-0.3, -0.25) is 9.59 Å². The second kappa shape index (κ2) is 12.3. The largest absolute Gasteiger partial charge is 0.354 e. The maximum atomic E-state index is 13.3. The third-order valence-corrected chi connectivity index (χ3v) is 5.54. The molecule has 0 fully saturated rings. The van der Waals surface area contributed by atoms with Gasteiger partial charge in [0.1, 0.15) is 11.9 Å². The fourth-order valence-corrected chi connectivity index (χ4v) is 3.85. The lowest BCUT2D eigenvalue weighted by atomic mass is 10.1. The van der Waals surface area contributed by atoms with Crippen molar-refractivity contribution >= 4 is 23.6 Å². The van der Waals surface area contributed by atoms with Gasteiger partial charge in [0.25, 0.3) is 0 Å². The molecular formula is C23H29FN2O2S. The fourth-order valence-electron chi connectivity index (χ4n) is 2.99. The Bertz CT molecular complexity index is 768. The maximum Gasteiger partial charge on any atom is 0.242 e. The fraction of sp³-hybridized carbons (Fsp3) is 0.391. The van der Waals surface area contributed by atoms with Crippen LogP contribution in [0, 0.1) is 5.82 Å². The van der Waals surface area contributed by atoms with Gasteiger partial charge in [-0.15, -0.1) is 11.8 Å². The number of thioether (sulfide) groups is 1. The van der Waals surface area contributed by atoms with Crippen molar-refractivity contribution < 1.29 is 14.0 Å². The van der Waals surface area contributed by atoms with Gasteiger partial charge in [-0.1, -0.05) is 44.2 Å².